The molecule has 2 rings (SSSR count). The number of hydrogen-bond donors (Lipinski definition) is 1. The molecule has 1 aliphatic rings. The summed E-state index contributed by atoms with van der Waals surface area (Å²) < 4.78 is 1.89. The Morgan fingerprint density at radius 2 is 2.17 bits per heavy atom. The van der Waals surface area contributed by atoms with Crippen molar-refractivity contribution < 1.29 is 0 Å². The van der Waals surface area contributed by atoms with E-state index in [2.05, 4.69) is 35.5 Å². The molecule has 4 nitrogen and oxygen atoms in total. The van der Waals surface area contributed by atoms with Crippen molar-refractivity contribution in [3.8, 4) is 0 Å². The second-order valence-electron chi connectivity index (χ2n) is 5.53. The van der Waals surface area contributed by atoms with Crippen LogP contribution in [0.2, 0.25) is 0 Å². The second kappa shape index (κ2) is 6.34. The predicted molar refractivity (Wildman–Crippen MR) is 74.6 cm³/mol. The molecule has 2 heterocycles. The van der Waals surface area contributed by atoms with E-state index in [1.165, 1.54) is 38.0 Å². The fourth-order valence-electron chi connectivity index (χ4n) is 2.80. The highest BCUT2D eigenvalue weighted by molar-refractivity contribution is 5.04. The van der Waals surface area contributed by atoms with Crippen LogP contribution in [0.5, 0.6) is 0 Å². The first-order valence-electron chi connectivity index (χ1n) is 7.06. The number of likely N-dealkylation sites (tertiary alicyclic amines) is 1. The fourth-order valence-corrected chi connectivity index (χ4v) is 2.80. The van der Waals surface area contributed by atoms with Crippen LogP contribution in [0.1, 0.15) is 25.3 Å². The Morgan fingerprint density at radius 1 is 1.44 bits per heavy atom. The third kappa shape index (κ3) is 3.56. The average molecular weight is 250 g/mol. The molecular formula is C14H26N4. The Morgan fingerprint density at radius 3 is 2.72 bits per heavy atom. The number of hydrogen-bond acceptors (Lipinski definition) is 3. The molecule has 1 N–H and O–H groups in total. The number of rotatable bonds is 5. The standard InChI is InChI=1S/C14H26N4/c1-12(15-2)14-5-8-18(9-6-14)7-4-13-10-16-17(3)11-13/h10-12,14-15H,4-9H2,1-3H3. The van der Waals surface area contributed by atoms with Gasteiger partial charge in [0.15, 0.2) is 0 Å². The molecule has 0 spiro atoms. The molecule has 1 unspecified atom stereocenters. The van der Waals surface area contributed by atoms with Gasteiger partial charge in [0.05, 0.1) is 6.20 Å². The van der Waals surface area contributed by atoms with E-state index in [-0.39, 0.29) is 0 Å². The lowest BCUT2D eigenvalue weighted by Gasteiger charge is -2.34. The van der Waals surface area contributed by atoms with E-state index >= 15 is 0 Å². The molecular weight excluding hydrogens is 224 g/mol. The zero-order valence-corrected chi connectivity index (χ0v) is 11.9. The summed E-state index contributed by atoms with van der Waals surface area (Å²) in [5.41, 5.74) is 1.35. The van der Waals surface area contributed by atoms with Crippen LogP contribution in [-0.4, -0.2) is 47.4 Å². The molecule has 4 heteroatoms. The number of aryl methyl sites for hydroxylation is 1. The average Bonchev–Trinajstić information content (AvgIpc) is 2.82. The van der Waals surface area contributed by atoms with E-state index < -0.39 is 0 Å². The minimum Gasteiger partial charge on any atom is -0.317 e. The first-order chi connectivity index (χ1) is 8.69. The highest BCUT2D eigenvalue weighted by Crippen LogP contribution is 2.20. The summed E-state index contributed by atoms with van der Waals surface area (Å²) in [6, 6.07) is 0.658. The summed E-state index contributed by atoms with van der Waals surface area (Å²) >= 11 is 0. The van der Waals surface area contributed by atoms with Crippen molar-refractivity contribution in [2.24, 2.45) is 13.0 Å². The molecule has 0 radical (unpaired) electrons. The van der Waals surface area contributed by atoms with Gasteiger partial charge in [-0.15, -0.1) is 0 Å². The van der Waals surface area contributed by atoms with Crippen molar-refractivity contribution in [2.75, 3.05) is 26.7 Å². The maximum atomic E-state index is 4.22. The van der Waals surface area contributed by atoms with Crippen molar-refractivity contribution in [1.82, 2.24) is 20.0 Å². The molecule has 0 aromatic carbocycles. The van der Waals surface area contributed by atoms with Crippen molar-refractivity contribution in [1.29, 1.82) is 0 Å². The minimum atomic E-state index is 0.658. The molecule has 1 aromatic rings. The topological polar surface area (TPSA) is 33.1 Å². The van der Waals surface area contributed by atoms with Crippen LogP contribution in [-0.2, 0) is 13.5 Å². The van der Waals surface area contributed by atoms with Gasteiger partial charge in [-0.3, -0.25) is 4.68 Å². The smallest absolute Gasteiger partial charge is 0.0522 e. The Bertz CT molecular complexity index is 352. The summed E-state index contributed by atoms with van der Waals surface area (Å²) in [6.07, 6.45) is 7.88. The van der Waals surface area contributed by atoms with Gasteiger partial charge in [-0.2, -0.15) is 5.10 Å². The van der Waals surface area contributed by atoms with Gasteiger partial charge in [0, 0.05) is 25.8 Å². The fraction of sp³-hybridized carbons (Fsp3) is 0.786. The van der Waals surface area contributed by atoms with Crippen molar-refractivity contribution in [3.05, 3.63) is 18.0 Å². The molecule has 0 aliphatic carbocycles. The van der Waals surface area contributed by atoms with Crippen LogP contribution >= 0.6 is 0 Å². The van der Waals surface area contributed by atoms with E-state index in [1.807, 2.05) is 17.9 Å². The van der Waals surface area contributed by atoms with Gasteiger partial charge in [0.1, 0.15) is 0 Å². The van der Waals surface area contributed by atoms with Gasteiger partial charge in [-0.05, 0) is 57.8 Å². The first kappa shape index (κ1) is 13.6. The highest BCUT2D eigenvalue weighted by Gasteiger charge is 2.22. The predicted octanol–water partition coefficient (Wildman–Crippen LogP) is 1.28. The molecule has 0 amide bonds. The summed E-state index contributed by atoms with van der Waals surface area (Å²) in [6.45, 7) is 5.97. The van der Waals surface area contributed by atoms with Crippen LogP contribution in [0.25, 0.3) is 0 Å². The second-order valence-corrected chi connectivity index (χ2v) is 5.53. The largest absolute Gasteiger partial charge is 0.317 e. The van der Waals surface area contributed by atoms with Gasteiger partial charge in [-0.25, -0.2) is 0 Å². The molecule has 0 saturated carbocycles. The zero-order valence-electron chi connectivity index (χ0n) is 11.9. The maximum absolute atomic E-state index is 4.22. The quantitative estimate of drug-likeness (QED) is 0.854. The lowest BCUT2D eigenvalue weighted by Crippen LogP contribution is -2.41. The Labute approximate surface area is 110 Å². The van der Waals surface area contributed by atoms with Gasteiger partial charge in [-0.1, -0.05) is 0 Å². The number of nitrogens with one attached hydrogen (secondary N) is 1. The molecule has 1 atom stereocenters. The van der Waals surface area contributed by atoms with Gasteiger partial charge < -0.3 is 10.2 Å². The number of nitrogens with zero attached hydrogens (tertiary/aromatic N) is 3. The summed E-state index contributed by atoms with van der Waals surface area (Å²) in [5, 5.41) is 7.60. The van der Waals surface area contributed by atoms with Crippen LogP contribution in [0.4, 0.5) is 0 Å². The van der Waals surface area contributed by atoms with Gasteiger partial charge in [0.25, 0.3) is 0 Å². The first-order valence-corrected chi connectivity index (χ1v) is 7.06. The zero-order chi connectivity index (χ0) is 13.0. The van der Waals surface area contributed by atoms with E-state index in [0.717, 1.165) is 12.3 Å². The number of aromatic nitrogens is 2. The third-order valence-corrected chi connectivity index (χ3v) is 4.27. The maximum Gasteiger partial charge on any atom is 0.0522 e. The van der Waals surface area contributed by atoms with Crippen LogP contribution in [0.15, 0.2) is 12.4 Å². The lowest BCUT2D eigenvalue weighted by atomic mass is 9.90. The monoisotopic (exact) mass is 250 g/mol. The SMILES string of the molecule is CNC(C)C1CCN(CCc2cnn(C)c2)CC1. The Balaban J connectivity index is 1.70. The van der Waals surface area contributed by atoms with Gasteiger partial charge in [0.2, 0.25) is 0 Å². The molecule has 102 valence electrons. The van der Waals surface area contributed by atoms with Gasteiger partial charge >= 0.3 is 0 Å². The molecule has 1 saturated heterocycles. The normalized spacial score (nSPS) is 20.2. The van der Waals surface area contributed by atoms with E-state index in [9.17, 15) is 0 Å². The molecule has 0 bridgehead atoms. The van der Waals surface area contributed by atoms with Crippen molar-refractivity contribution in [2.45, 2.75) is 32.2 Å². The summed E-state index contributed by atoms with van der Waals surface area (Å²) in [7, 11) is 4.05. The van der Waals surface area contributed by atoms with E-state index in [4.69, 9.17) is 0 Å². The summed E-state index contributed by atoms with van der Waals surface area (Å²) in [4.78, 5) is 2.59. The molecule has 1 aromatic heterocycles. The molecule has 1 aliphatic heterocycles. The van der Waals surface area contributed by atoms with Crippen molar-refractivity contribution in [3.63, 3.8) is 0 Å². The van der Waals surface area contributed by atoms with Crippen LogP contribution in [0.3, 0.4) is 0 Å². The van der Waals surface area contributed by atoms with Crippen LogP contribution in [0, 0.1) is 5.92 Å². The van der Waals surface area contributed by atoms with Crippen molar-refractivity contribution >= 4 is 0 Å². The van der Waals surface area contributed by atoms with E-state index in [0.29, 0.717) is 6.04 Å². The lowest BCUT2D eigenvalue weighted by molar-refractivity contribution is 0.166. The minimum absolute atomic E-state index is 0.658. The highest BCUT2D eigenvalue weighted by atomic mass is 15.2. The summed E-state index contributed by atoms with van der Waals surface area (Å²) in [5.74, 6) is 0.852. The molecule has 1 fully saturated rings. The molecule has 18 heavy (non-hydrogen) atoms. The number of piperidine rings is 1. The van der Waals surface area contributed by atoms with Crippen LogP contribution < -0.4 is 5.32 Å². The Kier molecular flexibility index (Phi) is 4.78. The van der Waals surface area contributed by atoms with E-state index in [1.54, 1.807) is 0 Å². The third-order valence-electron chi connectivity index (χ3n) is 4.27. The Hall–Kier alpha value is -0.870.